The van der Waals surface area contributed by atoms with Gasteiger partial charge in [-0.25, -0.2) is 0 Å². The quantitative estimate of drug-likeness (QED) is 0.526. The fraction of sp³-hybridized carbons (Fsp3) is 0.393. The minimum absolute atomic E-state index is 0.0666. The average molecular weight is 447 g/mol. The first-order valence-electron chi connectivity index (χ1n) is 11.7. The van der Waals surface area contributed by atoms with Crippen LogP contribution in [0.4, 0.5) is 5.69 Å². The Labute approximate surface area is 196 Å². The first-order valence-corrected chi connectivity index (χ1v) is 11.7. The molecule has 2 aromatic carbocycles. The molecule has 1 aromatic heterocycles. The van der Waals surface area contributed by atoms with Gasteiger partial charge < -0.3 is 19.4 Å². The summed E-state index contributed by atoms with van der Waals surface area (Å²) in [6.07, 6.45) is 3.72. The highest BCUT2D eigenvalue weighted by Gasteiger charge is 2.23. The summed E-state index contributed by atoms with van der Waals surface area (Å²) in [5, 5.41) is 3.12. The van der Waals surface area contributed by atoms with Gasteiger partial charge in [0.05, 0.1) is 6.26 Å². The Morgan fingerprint density at radius 2 is 1.73 bits per heavy atom. The molecule has 3 aromatic rings. The van der Waals surface area contributed by atoms with Gasteiger partial charge in [-0.2, -0.15) is 0 Å². The number of carbonyl (C=O) groups is 1. The van der Waals surface area contributed by atoms with Crippen LogP contribution >= 0.6 is 0 Å². The van der Waals surface area contributed by atoms with Crippen molar-refractivity contribution in [3.05, 3.63) is 76.2 Å². The number of benzene rings is 2. The maximum absolute atomic E-state index is 13.4. The zero-order valence-corrected chi connectivity index (χ0v) is 20.3. The monoisotopic (exact) mass is 446 g/mol. The maximum Gasteiger partial charge on any atom is 0.251 e. The molecule has 5 heteroatoms. The number of rotatable bonds is 6. The van der Waals surface area contributed by atoms with E-state index in [0.717, 1.165) is 65.3 Å². The lowest BCUT2D eigenvalue weighted by Crippen LogP contribution is -2.37. The second-order valence-corrected chi connectivity index (χ2v) is 9.12. The van der Waals surface area contributed by atoms with Crippen molar-refractivity contribution < 1.29 is 13.9 Å². The Bertz CT molecular complexity index is 1110. The molecular formula is C28H34N2O3. The summed E-state index contributed by atoms with van der Waals surface area (Å²) in [4.78, 5) is 15.7. The number of furan rings is 1. The molecule has 1 aliphatic rings. The SMILES string of the molecule is Cc1ccc(-c2cc(C(=O)NCc3c(C)coc3C)c(C)c(N(C)C3CCOCC3)c2)cc1. The predicted octanol–water partition coefficient (Wildman–Crippen LogP) is 5.73. The Morgan fingerprint density at radius 1 is 1.03 bits per heavy atom. The summed E-state index contributed by atoms with van der Waals surface area (Å²) in [7, 11) is 2.14. The van der Waals surface area contributed by atoms with Crippen LogP contribution in [0.2, 0.25) is 0 Å². The zero-order valence-electron chi connectivity index (χ0n) is 20.3. The van der Waals surface area contributed by atoms with E-state index in [1.807, 2.05) is 26.8 Å². The molecule has 0 bridgehead atoms. The number of amides is 1. The van der Waals surface area contributed by atoms with Gasteiger partial charge in [-0.1, -0.05) is 29.8 Å². The van der Waals surface area contributed by atoms with Crippen LogP contribution < -0.4 is 10.2 Å². The number of nitrogens with zero attached hydrogens (tertiary/aromatic N) is 1. The standard InChI is InChI=1S/C28H34N2O3/c1-18-6-8-22(9-7-18)23-14-25(28(31)29-16-26-19(2)17-33-21(26)4)20(3)27(15-23)30(5)24-10-12-32-13-11-24/h6-9,14-15,17,24H,10-13,16H2,1-5H3,(H,29,31). The Kier molecular flexibility index (Phi) is 6.89. The van der Waals surface area contributed by atoms with Crippen LogP contribution in [0.5, 0.6) is 0 Å². The summed E-state index contributed by atoms with van der Waals surface area (Å²) in [5.74, 6) is 0.779. The number of anilines is 1. The van der Waals surface area contributed by atoms with Crippen molar-refractivity contribution in [1.82, 2.24) is 5.32 Å². The topological polar surface area (TPSA) is 54.7 Å². The van der Waals surface area contributed by atoms with E-state index in [1.165, 1.54) is 5.56 Å². The van der Waals surface area contributed by atoms with Crippen LogP contribution in [0.15, 0.2) is 47.1 Å². The van der Waals surface area contributed by atoms with Gasteiger partial charge in [0.15, 0.2) is 0 Å². The molecule has 0 atom stereocenters. The molecule has 33 heavy (non-hydrogen) atoms. The van der Waals surface area contributed by atoms with Crippen molar-refractivity contribution in [3.8, 4) is 11.1 Å². The van der Waals surface area contributed by atoms with Gasteiger partial charge in [-0.15, -0.1) is 0 Å². The smallest absolute Gasteiger partial charge is 0.251 e. The minimum atomic E-state index is -0.0666. The second-order valence-electron chi connectivity index (χ2n) is 9.12. The van der Waals surface area contributed by atoms with Crippen LogP contribution in [0.3, 0.4) is 0 Å². The zero-order chi connectivity index (χ0) is 23.5. The first kappa shape index (κ1) is 23.1. The third-order valence-electron chi connectivity index (χ3n) is 6.87. The maximum atomic E-state index is 13.4. The van der Waals surface area contributed by atoms with Crippen molar-refractivity contribution >= 4 is 11.6 Å². The van der Waals surface area contributed by atoms with Crippen LogP contribution in [0, 0.1) is 27.7 Å². The van der Waals surface area contributed by atoms with E-state index in [0.29, 0.717) is 18.2 Å². The second kappa shape index (κ2) is 9.84. The summed E-state index contributed by atoms with van der Waals surface area (Å²) in [6, 6.07) is 13.1. The van der Waals surface area contributed by atoms with Crippen molar-refractivity contribution in [2.45, 2.75) is 53.1 Å². The fourth-order valence-corrected chi connectivity index (χ4v) is 4.61. The number of carbonyl (C=O) groups excluding carboxylic acids is 1. The van der Waals surface area contributed by atoms with Crippen molar-refractivity contribution in [2.24, 2.45) is 0 Å². The molecule has 0 saturated carbocycles. The summed E-state index contributed by atoms with van der Waals surface area (Å²) < 4.78 is 11.1. The van der Waals surface area contributed by atoms with Crippen molar-refractivity contribution in [2.75, 3.05) is 25.2 Å². The molecule has 0 unspecified atom stereocenters. The molecule has 1 amide bonds. The molecular weight excluding hydrogens is 412 g/mol. The van der Waals surface area contributed by atoms with E-state index in [2.05, 4.69) is 54.5 Å². The van der Waals surface area contributed by atoms with Gasteiger partial charge in [0.2, 0.25) is 0 Å². The van der Waals surface area contributed by atoms with Crippen LogP contribution in [-0.2, 0) is 11.3 Å². The van der Waals surface area contributed by atoms with E-state index >= 15 is 0 Å². The lowest BCUT2D eigenvalue weighted by atomic mass is 9.95. The molecule has 4 rings (SSSR count). The number of hydrogen-bond acceptors (Lipinski definition) is 4. The highest BCUT2D eigenvalue weighted by Crippen LogP contribution is 2.33. The number of ether oxygens (including phenoxy) is 1. The van der Waals surface area contributed by atoms with E-state index in [1.54, 1.807) is 6.26 Å². The van der Waals surface area contributed by atoms with E-state index in [-0.39, 0.29) is 5.91 Å². The molecule has 174 valence electrons. The van der Waals surface area contributed by atoms with Crippen molar-refractivity contribution in [3.63, 3.8) is 0 Å². The Morgan fingerprint density at radius 3 is 2.36 bits per heavy atom. The summed E-state index contributed by atoms with van der Waals surface area (Å²) >= 11 is 0. The minimum Gasteiger partial charge on any atom is -0.469 e. The third-order valence-corrected chi connectivity index (χ3v) is 6.87. The summed E-state index contributed by atoms with van der Waals surface area (Å²) in [5.41, 5.74) is 8.27. The van der Waals surface area contributed by atoms with E-state index in [9.17, 15) is 4.79 Å². The van der Waals surface area contributed by atoms with Gasteiger partial charge in [-0.05, 0) is 74.9 Å². The Balaban J connectivity index is 1.70. The van der Waals surface area contributed by atoms with Gasteiger partial charge in [0.1, 0.15) is 5.76 Å². The van der Waals surface area contributed by atoms with Crippen LogP contribution in [0.1, 0.15) is 51.2 Å². The molecule has 5 nitrogen and oxygen atoms in total. The molecule has 0 aliphatic carbocycles. The molecule has 1 N–H and O–H groups in total. The average Bonchev–Trinajstić information content (AvgIpc) is 3.15. The number of aryl methyl sites for hydroxylation is 3. The van der Waals surface area contributed by atoms with Gasteiger partial charge in [0.25, 0.3) is 5.91 Å². The molecule has 1 aliphatic heterocycles. The third kappa shape index (κ3) is 4.98. The van der Waals surface area contributed by atoms with Crippen molar-refractivity contribution in [1.29, 1.82) is 0 Å². The largest absolute Gasteiger partial charge is 0.469 e. The van der Waals surface area contributed by atoms with Crippen LogP contribution in [-0.4, -0.2) is 32.2 Å². The molecule has 0 radical (unpaired) electrons. The summed E-state index contributed by atoms with van der Waals surface area (Å²) in [6.45, 7) is 10.1. The molecule has 1 saturated heterocycles. The van der Waals surface area contributed by atoms with E-state index in [4.69, 9.17) is 9.15 Å². The van der Waals surface area contributed by atoms with Gasteiger partial charge in [-0.3, -0.25) is 4.79 Å². The highest BCUT2D eigenvalue weighted by atomic mass is 16.5. The fourth-order valence-electron chi connectivity index (χ4n) is 4.61. The predicted molar refractivity (Wildman–Crippen MR) is 133 cm³/mol. The van der Waals surface area contributed by atoms with Gasteiger partial charge in [0, 0.05) is 49.7 Å². The molecule has 2 heterocycles. The highest BCUT2D eigenvalue weighted by molar-refractivity contribution is 5.99. The normalized spacial score (nSPS) is 14.3. The first-order chi connectivity index (χ1) is 15.8. The van der Waals surface area contributed by atoms with Gasteiger partial charge >= 0.3 is 0 Å². The number of nitrogens with one attached hydrogen (secondary N) is 1. The molecule has 0 spiro atoms. The van der Waals surface area contributed by atoms with E-state index < -0.39 is 0 Å². The van der Waals surface area contributed by atoms with Crippen LogP contribution in [0.25, 0.3) is 11.1 Å². The number of hydrogen-bond donors (Lipinski definition) is 1. The lowest BCUT2D eigenvalue weighted by Gasteiger charge is -2.34. The Hall–Kier alpha value is -3.05. The lowest BCUT2D eigenvalue weighted by molar-refractivity contribution is 0.0854. The molecule has 1 fully saturated rings.